The third kappa shape index (κ3) is 3.27. The fourth-order valence-electron chi connectivity index (χ4n) is 1.38. The normalized spacial score (nSPS) is 10.4. The van der Waals surface area contributed by atoms with Gasteiger partial charge in [-0.05, 0) is 6.07 Å². The van der Waals surface area contributed by atoms with Crippen LogP contribution in [0.3, 0.4) is 0 Å². The first-order valence-corrected chi connectivity index (χ1v) is 5.81. The van der Waals surface area contributed by atoms with Gasteiger partial charge in [-0.15, -0.1) is 0 Å². The molecule has 9 heteroatoms. The van der Waals surface area contributed by atoms with Gasteiger partial charge in [-0.3, -0.25) is 14.3 Å². The molecule has 0 fully saturated rings. The fourth-order valence-corrected chi connectivity index (χ4v) is 1.69. The fraction of sp³-hybridized carbons (Fsp3) is 0.100. The summed E-state index contributed by atoms with van der Waals surface area (Å²) in [6.07, 6.45) is 2.74. The van der Waals surface area contributed by atoms with Crippen LogP contribution in [0.2, 0.25) is 10.2 Å². The summed E-state index contributed by atoms with van der Waals surface area (Å²) in [7, 11) is 0. The summed E-state index contributed by atoms with van der Waals surface area (Å²) in [4.78, 5) is 24.9. The van der Waals surface area contributed by atoms with Crippen molar-refractivity contribution in [2.75, 3.05) is 5.32 Å². The molecule has 0 unspecified atom stereocenters. The van der Waals surface area contributed by atoms with E-state index in [4.69, 9.17) is 28.3 Å². The number of carbonyl (C=O) groups is 2. The molecule has 2 heterocycles. The number of H-pyrrole nitrogens is 1. The second-order valence-corrected chi connectivity index (χ2v) is 4.40. The predicted molar refractivity (Wildman–Crippen MR) is 68.6 cm³/mol. The predicted octanol–water partition coefficient (Wildman–Crippen LogP) is 1.85. The minimum absolute atomic E-state index is 0.174. The monoisotopic (exact) mass is 302 g/mol. The quantitative estimate of drug-likeness (QED) is 0.802. The van der Waals surface area contributed by atoms with Crippen LogP contribution in [0.4, 0.5) is 5.69 Å². The molecule has 0 aliphatic heterocycles. The number of carboxylic acid groups (broad SMARTS) is 1. The van der Waals surface area contributed by atoms with E-state index in [1.54, 1.807) is 0 Å². The number of aromatic amines is 1. The summed E-state index contributed by atoms with van der Waals surface area (Å²) in [5, 5.41) is 15.3. The molecule has 0 atom stereocenters. The van der Waals surface area contributed by atoms with Gasteiger partial charge in [0.2, 0.25) is 0 Å². The van der Waals surface area contributed by atoms with Crippen molar-refractivity contribution in [3.05, 3.63) is 34.3 Å². The molecular weight excluding hydrogens is 295 g/mol. The molecular formula is C10H8Cl2N4O3. The van der Waals surface area contributed by atoms with Crippen LogP contribution < -0.4 is 5.32 Å². The summed E-state index contributed by atoms with van der Waals surface area (Å²) in [5.41, 5.74) is 0.564. The number of amides is 1. The number of aromatic nitrogens is 3. The van der Waals surface area contributed by atoms with Crippen LogP contribution in [-0.4, -0.2) is 31.7 Å². The zero-order valence-corrected chi connectivity index (χ0v) is 10.9. The van der Waals surface area contributed by atoms with Gasteiger partial charge in [-0.2, -0.15) is 5.10 Å². The van der Waals surface area contributed by atoms with Crippen LogP contribution in [0.15, 0.2) is 18.5 Å². The molecule has 0 bridgehead atoms. The van der Waals surface area contributed by atoms with Crippen molar-refractivity contribution in [3.63, 3.8) is 0 Å². The summed E-state index contributed by atoms with van der Waals surface area (Å²) in [6, 6.07) is 1.39. The number of nitrogens with zero attached hydrogens (tertiary/aromatic N) is 2. The first-order chi connectivity index (χ1) is 8.95. The van der Waals surface area contributed by atoms with E-state index in [1.165, 1.54) is 23.1 Å². The smallest absolute Gasteiger partial charge is 0.325 e. The third-order valence-corrected chi connectivity index (χ3v) is 2.85. The van der Waals surface area contributed by atoms with Crippen molar-refractivity contribution in [1.82, 2.24) is 14.8 Å². The Bertz CT molecular complexity index is 615. The molecule has 0 saturated heterocycles. The SMILES string of the molecule is O=C(O)Cn1cc(NC(=O)c2cc(Cl)c(Cl)[nH]2)cn1. The Morgan fingerprint density at radius 3 is 2.79 bits per heavy atom. The van der Waals surface area contributed by atoms with Gasteiger partial charge in [-0.25, -0.2) is 0 Å². The number of nitrogens with one attached hydrogen (secondary N) is 2. The van der Waals surface area contributed by atoms with Gasteiger partial charge in [-0.1, -0.05) is 23.2 Å². The lowest BCUT2D eigenvalue weighted by Crippen LogP contribution is -2.12. The molecule has 0 aromatic carbocycles. The Kier molecular flexibility index (Phi) is 3.77. The van der Waals surface area contributed by atoms with E-state index in [0.717, 1.165) is 0 Å². The zero-order valence-electron chi connectivity index (χ0n) is 9.35. The molecule has 2 rings (SSSR count). The average Bonchev–Trinajstić information content (AvgIpc) is 2.86. The van der Waals surface area contributed by atoms with Crippen molar-refractivity contribution in [1.29, 1.82) is 0 Å². The highest BCUT2D eigenvalue weighted by Gasteiger charge is 2.12. The highest BCUT2D eigenvalue weighted by atomic mass is 35.5. The Labute approximate surface area is 117 Å². The van der Waals surface area contributed by atoms with Crippen LogP contribution in [0, 0.1) is 0 Å². The van der Waals surface area contributed by atoms with Crippen LogP contribution in [0.1, 0.15) is 10.5 Å². The first-order valence-electron chi connectivity index (χ1n) is 5.05. The van der Waals surface area contributed by atoms with Crippen molar-refractivity contribution >= 4 is 40.8 Å². The molecule has 2 aromatic rings. The number of hydrogen-bond donors (Lipinski definition) is 3. The lowest BCUT2D eigenvalue weighted by Gasteiger charge is -1.99. The van der Waals surface area contributed by atoms with Crippen molar-refractivity contribution < 1.29 is 14.7 Å². The maximum Gasteiger partial charge on any atom is 0.325 e. The molecule has 1 amide bonds. The Balaban J connectivity index is 2.06. The molecule has 2 aromatic heterocycles. The summed E-state index contributed by atoms with van der Waals surface area (Å²) < 4.78 is 1.19. The Hall–Kier alpha value is -1.99. The van der Waals surface area contributed by atoms with E-state index in [9.17, 15) is 9.59 Å². The molecule has 0 spiro atoms. The van der Waals surface area contributed by atoms with Crippen molar-refractivity contribution in [2.45, 2.75) is 6.54 Å². The molecule has 0 radical (unpaired) electrons. The minimum Gasteiger partial charge on any atom is -0.480 e. The molecule has 19 heavy (non-hydrogen) atoms. The lowest BCUT2D eigenvalue weighted by molar-refractivity contribution is -0.137. The first kappa shape index (κ1) is 13.4. The van der Waals surface area contributed by atoms with Crippen LogP contribution >= 0.6 is 23.2 Å². The maximum atomic E-state index is 11.8. The number of halogens is 2. The summed E-state index contributed by atoms with van der Waals surface area (Å²) >= 11 is 11.4. The largest absolute Gasteiger partial charge is 0.480 e. The lowest BCUT2D eigenvalue weighted by atomic mass is 10.4. The molecule has 100 valence electrons. The van der Waals surface area contributed by atoms with Gasteiger partial charge >= 0.3 is 5.97 Å². The number of rotatable bonds is 4. The van der Waals surface area contributed by atoms with Gasteiger partial charge in [0.15, 0.2) is 0 Å². The van der Waals surface area contributed by atoms with Crippen molar-refractivity contribution in [2.24, 2.45) is 0 Å². The van der Waals surface area contributed by atoms with Gasteiger partial charge < -0.3 is 15.4 Å². The van der Waals surface area contributed by atoms with E-state index in [-0.39, 0.29) is 22.4 Å². The van der Waals surface area contributed by atoms with E-state index in [0.29, 0.717) is 5.69 Å². The van der Waals surface area contributed by atoms with E-state index < -0.39 is 11.9 Å². The third-order valence-electron chi connectivity index (χ3n) is 2.16. The molecule has 0 aliphatic rings. The average molecular weight is 303 g/mol. The van der Waals surface area contributed by atoms with Crippen LogP contribution in [0.25, 0.3) is 0 Å². The number of carbonyl (C=O) groups excluding carboxylic acids is 1. The Morgan fingerprint density at radius 1 is 1.47 bits per heavy atom. The van der Waals surface area contributed by atoms with Crippen molar-refractivity contribution in [3.8, 4) is 0 Å². The van der Waals surface area contributed by atoms with Gasteiger partial charge in [0.25, 0.3) is 5.91 Å². The molecule has 0 saturated carbocycles. The zero-order chi connectivity index (χ0) is 14.0. The minimum atomic E-state index is -1.02. The van der Waals surface area contributed by atoms with E-state index in [1.807, 2.05) is 0 Å². The van der Waals surface area contributed by atoms with Gasteiger partial charge in [0.1, 0.15) is 17.4 Å². The second kappa shape index (κ2) is 5.33. The number of hydrogen-bond acceptors (Lipinski definition) is 3. The summed E-state index contributed by atoms with van der Waals surface area (Å²) in [6.45, 7) is -0.282. The number of anilines is 1. The van der Waals surface area contributed by atoms with Crippen LogP contribution in [-0.2, 0) is 11.3 Å². The standard InChI is InChI=1S/C10H8Cl2N4O3/c11-6-1-7(15-9(6)12)10(19)14-5-2-13-16(3-5)4-8(17)18/h1-3,15H,4H2,(H,14,19)(H,17,18). The maximum absolute atomic E-state index is 11.8. The van der Waals surface area contributed by atoms with E-state index in [2.05, 4.69) is 15.4 Å². The van der Waals surface area contributed by atoms with E-state index >= 15 is 0 Å². The second-order valence-electron chi connectivity index (χ2n) is 3.62. The number of carboxylic acids is 1. The highest BCUT2D eigenvalue weighted by molar-refractivity contribution is 6.41. The summed E-state index contributed by atoms with van der Waals surface area (Å²) in [5.74, 6) is -1.48. The molecule has 0 aliphatic carbocycles. The van der Waals surface area contributed by atoms with Gasteiger partial charge in [0.05, 0.1) is 16.9 Å². The number of aliphatic carboxylic acids is 1. The topological polar surface area (TPSA) is 100 Å². The highest BCUT2D eigenvalue weighted by Crippen LogP contribution is 2.22. The van der Waals surface area contributed by atoms with Crippen LogP contribution in [0.5, 0.6) is 0 Å². The molecule has 3 N–H and O–H groups in total. The molecule has 7 nitrogen and oxygen atoms in total. The Morgan fingerprint density at radius 2 is 2.21 bits per heavy atom. The van der Waals surface area contributed by atoms with Gasteiger partial charge in [0, 0.05) is 6.20 Å².